The van der Waals surface area contributed by atoms with Crippen molar-refractivity contribution in [3.63, 3.8) is 0 Å². The van der Waals surface area contributed by atoms with E-state index in [1.807, 2.05) is 36.1 Å². The van der Waals surface area contributed by atoms with Crippen molar-refractivity contribution in [3.05, 3.63) is 42.7 Å². The van der Waals surface area contributed by atoms with Crippen LogP contribution in [0, 0.1) is 0 Å². The Balaban J connectivity index is 2.19. The van der Waals surface area contributed by atoms with E-state index in [1.54, 1.807) is 23.4 Å². The third kappa shape index (κ3) is 1.66. The SMILES string of the molecule is Cn1cncc1/C=N/n1cccc1. The maximum atomic E-state index is 4.20. The number of rotatable bonds is 2. The first-order valence-electron chi connectivity index (χ1n) is 4.00. The van der Waals surface area contributed by atoms with Crippen LogP contribution in [0.15, 0.2) is 42.2 Å². The van der Waals surface area contributed by atoms with Gasteiger partial charge in [0, 0.05) is 19.4 Å². The minimum Gasteiger partial charge on any atom is -0.333 e. The molecule has 0 aliphatic carbocycles. The molecule has 2 aromatic heterocycles. The molecule has 4 heteroatoms. The molecule has 66 valence electrons. The van der Waals surface area contributed by atoms with Crippen LogP contribution in [0.5, 0.6) is 0 Å². The summed E-state index contributed by atoms with van der Waals surface area (Å²) in [6.07, 6.45) is 9.05. The molecular formula is C9H10N4. The molecule has 0 aromatic carbocycles. The van der Waals surface area contributed by atoms with E-state index in [0.29, 0.717) is 0 Å². The van der Waals surface area contributed by atoms with Crippen molar-refractivity contribution in [2.75, 3.05) is 0 Å². The topological polar surface area (TPSA) is 35.1 Å². The number of imidazole rings is 1. The lowest BCUT2D eigenvalue weighted by Gasteiger charge is -1.93. The van der Waals surface area contributed by atoms with E-state index in [1.165, 1.54) is 0 Å². The van der Waals surface area contributed by atoms with Crippen LogP contribution in [0.25, 0.3) is 0 Å². The van der Waals surface area contributed by atoms with Crippen molar-refractivity contribution in [1.82, 2.24) is 14.2 Å². The van der Waals surface area contributed by atoms with E-state index >= 15 is 0 Å². The van der Waals surface area contributed by atoms with E-state index in [-0.39, 0.29) is 0 Å². The zero-order chi connectivity index (χ0) is 9.10. The maximum Gasteiger partial charge on any atom is 0.0948 e. The number of hydrogen-bond donors (Lipinski definition) is 0. The maximum absolute atomic E-state index is 4.20. The highest BCUT2D eigenvalue weighted by atomic mass is 15.3. The fourth-order valence-corrected chi connectivity index (χ4v) is 1.02. The Morgan fingerprint density at radius 2 is 2.15 bits per heavy atom. The highest BCUT2D eigenvalue weighted by molar-refractivity contribution is 5.76. The summed E-state index contributed by atoms with van der Waals surface area (Å²) in [5.74, 6) is 0. The molecule has 0 aliphatic rings. The molecule has 0 bridgehead atoms. The third-order valence-electron chi connectivity index (χ3n) is 1.77. The lowest BCUT2D eigenvalue weighted by molar-refractivity contribution is 0.876. The molecule has 2 aromatic rings. The van der Waals surface area contributed by atoms with Crippen LogP contribution >= 0.6 is 0 Å². The van der Waals surface area contributed by atoms with Crippen molar-refractivity contribution in [2.24, 2.45) is 12.1 Å². The predicted octanol–water partition coefficient (Wildman–Crippen LogP) is 1.10. The van der Waals surface area contributed by atoms with Gasteiger partial charge in [0.05, 0.1) is 24.4 Å². The average molecular weight is 174 g/mol. The molecule has 13 heavy (non-hydrogen) atoms. The summed E-state index contributed by atoms with van der Waals surface area (Å²) in [6, 6.07) is 3.86. The summed E-state index contributed by atoms with van der Waals surface area (Å²) >= 11 is 0. The average Bonchev–Trinajstić information content (AvgIpc) is 2.72. The van der Waals surface area contributed by atoms with Gasteiger partial charge in [-0.25, -0.2) is 9.66 Å². The first-order chi connectivity index (χ1) is 6.36. The molecule has 0 spiro atoms. The Morgan fingerprint density at radius 3 is 2.77 bits per heavy atom. The van der Waals surface area contributed by atoms with Gasteiger partial charge in [0.2, 0.25) is 0 Å². The van der Waals surface area contributed by atoms with Crippen LogP contribution in [0.1, 0.15) is 5.69 Å². The van der Waals surface area contributed by atoms with Crippen LogP contribution in [-0.2, 0) is 7.05 Å². The van der Waals surface area contributed by atoms with Crippen molar-refractivity contribution >= 4 is 6.21 Å². The smallest absolute Gasteiger partial charge is 0.0948 e. The highest BCUT2D eigenvalue weighted by Crippen LogP contribution is 1.93. The number of aryl methyl sites for hydroxylation is 1. The summed E-state index contributed by atoms with van der Waals surface area (Å²) in [6.45, 7) is 0. The minimum atomic E-state index is 0.980. The summed E-state index contributed by atoms with van der Waals surface area (Å²) in [4.78, 5) is 3.98. The van der Waals surface area contributed by atoms with Crippen LogP contribution in [0.3, 0.4) is 0 Å². The number of hydrogen-bond acceptors (Lipinski definition) is 2. The van der Waals surface area contributed by atoms with Gasteiger partial charge in [-0.1, -0.05) is 0 Å². The fourth-order valence-electron chi connectivity index (χ4n) is 1.02. The largest absolute Gasteiger partial charge is 0.333 e. The predicted molar refractivity (Wildman–Crippen MR) is 50.6 cm³/mol. The quantitative estimate of drug-likeness (QED) is 0.628. The van der Waals surface area contributed by atoms with E-state index in [2.05, 4.69) is 10.1 Å². The summed E-state index contributed by atoms with van der Waals surface area (Å²) < 4.78 is 3.65. The molecule has 0 saturated heterocycles. The van der Waals surface area contributed by atoms with Crippen LogP contribution in [0.4, 0.5) is 0 Å². The molecular weight excluding hydrogens is 164 g/mol. The second-order valence-corrected chi connectivity index (χ2v) is 2.74. The second kappa shape index (κ2) is 3.26. The molecule has 0 saturated carbocycles. The van der Waals surface area contributed by atoms with Gasteiger partial charge in [0.25, 0.3) is 0 Å². The van der Waals surface area contributed by atoms with Gasteiger partial charge in [-0.2, -0.15) is 5.10 Å². The first-order valence-corrected chi connectivity index (χ1v) is 4.00. The van der Waals surface area contributed by atoms with Gasteiger partial charge in [0.15, 0.2) is 0 Å². The van der Waals surface area contributed by atoms with Gasteiger partial charge in [-0.3, -0.25) is 0 Å². The first kappa shape index (κ1) is 7.79. The van der Waals surface area contributed by atoms with Crippen molar-refractivity contribution < 1.29 is 0 Å². The van der Waals surface area contributed by atoms with Gasteiger partial charge >= 0.3 is 0 Å². The summed E-state index contributed by atoms with van der Waals surface area (Å²) in [5, 5.41) is 4.20. The molecule has 4 nitrogen and oxygen atoms in total. The van der Waals surface area contributed by atoms with E-state index in [9.17, 15) is 0 Å². The molecule has 2 heterocycles. The van der Waals surface area contributed by atoms with Crippen LogP contribution in [-0.4, -0.2) is 20.4 Å². The Labute approximate surface area is 76.1 Å². The monoisotopic (exact) mass is 174 g/mol. The van der Waals surface area contributed by atoms with Crippen molar-refractivity contribution in [1.29, 1.82) is 0 Å². The molecule has 0 N–H and O–H groups in total. The van der Waals surface area contributed by atoms with E-state index < -0.39 is 0 Å². The second-order valence-electron chi connectivity index (χ2n) is 2.74. The highest BCUT2D eigenvalue weighted by Gasteiger charge is 1.91. The van der Waals surface area contributed by atoms with Gasteiger partial charge < -0.3 is 4.57 Å². The fraction of sp³-hybridized carbons (Fsp3) is 0.111. The van der Waals surface area contributed by atoms with Crippen molar-refractivity contribution in [3.8, 4) is 0 Å². The third-order valence-corrected chi connectivity index (χ3v) is 1.77. The minimum absolute atomic E-state index is 0.980. The normalized spacial score (nSPS) is 11.2. The zero-order valence-corrected chi connectivity index (χ0v) is 7.33. The lowest BCUT2D eigenvalue weighted by atomic mass is 10.5. The van der Waals surface area contributed by atoms with Crippen molar-refractivity contribution in [2.45, 2.75) is 0 Å². The standard InChI is InChI=1S/C9H10N4/c1-12-8-10-6-9(12)7-11-13-4-2-3-5-13/h2-8H,1H3/b11-7+. The van der Waals surface area contributed by atoms with Gasteiger partial charge in [0.1, 0.15) is 0 Å². The summed E-state index contributed by atoms with van der Waals surface area (Å²) in [5.41, 5.74) is 0.980. The van der Waals surface area contributed by atoms with Gasteiger partial charge in [-0.05, 0) is 12.1 Å². The van der Waals surface area contributed by atoms with E-state index in [0.717, 1.165) is 5.69 Å². The Hall–Kier alpha value is -1.84. The number of aromatic nitrogens is 3. The lowest BCUT2D eigenvalue weighted by Crippen LogP contribution is -1.94. The zero-order valence-electron chi connectivity index (χ0n) is 7.33. The molecule has 0 fully saturated rings. The molecule has 0 amide bonds. The Kier molecular flexibility index (Phi) is 1.96. The molecule has 2 rings (SSSR count). The summed E-state index contributed by atoms with van der Waals surface area (Å²) in [7, 11) is 1.93. The molecule has 0 radical (unpaired) electrons. The Morgan fingerprint density at radius 1 is 1.38 bits per heavy atom. The van der Waals surface area contributed by atoms with E-state index in [4.69, 9.17) is 0 Å². The Bertz CT molecular complexity index is 397. The van der Waals surface area contributed by atoms with Crippen LogP contribution in [0.2, 0.25) is 0 Å². The molecule has 0 atom stereocenters. The molecule has 0 unspecified atom stereocenters. The van der Waals surface area contributed by atoms with Crippen LogP contribution < -0.4 is 0 Å². The van der Waals surface area contributed by atoms with Gasteiger partial charge in [-0.15, -0.1) is 0 Å². The molecule has 0 aliphatic heterocycles. The number of nitrogens with zero attached hydrogens (tertiary/aromatic N) is 4.